The van der Waals surface area contributed by atoms with Crippen molar-refractivity contribution in [2.45, 2.75) is 22.0 Å². The molecule has 0 aliphatic carbocycles. The molecule has 0 saturated carbocycles. The number of carbonyl (C=O) groups is 1. The molecule has 0 spiro atoms. The third kappa shape index (κ3) is 3.58. The molecule has 2 aromatic carbocycles. The number of nitrogens with one attached hydrogen (secondary N) is 2. The molecule has 0 unspecified atom stereocenters. The minimum atomic E-state index is -3.86. The average molecular weight is 394 g/mol. The molecule has 1 atom stereocenters. The second-order valence-corrected chi connectivity index (χ2v) is 8.64. The Morgan fingerprint density at radius 1 is 1.12 bits per heavy atom. The Hall–Kier alpha value is -2.39. The quantitative estimate of drug-likeness (QED) is 0.810. The fourth-order valence-electron chi connectivity index (χ4n) is 2.44. The fourth-order valence-corrected chi connectivity index (χ4v) is 4.47. The highest BCUT2D eigenvalue weighted by atomic mass is 32.2. The first-order chi connectivity index (χ1) is 12.3. The van der Waals surface area contributed by atoms with E-state index in [-0.39, 0.29) is 21.7 Å². The Morgan fingerprint density at radius 2 is 1.88 bits per heavy atom. The Morgan fingerprint density at radius 3 is 2.58 bits per heavy atom. The molecule has 1 heterocycles. The molecule has 2 N–H and O–H groups in total. The summed E-state index contributed by atoms with van der Waals surface area (Å²) in [5.74, 6) is 0.734. The summed E-state index contributed by atoms with van der Waals surface area (Å²) in [4.78, 5) is 12.7. The van der Waals surface area contributed by atoms with E-state index in [0.29, 0.717) is 17.2 Å². The van der Waals surface area contributed by atoms with Crippen LogP contribution in [0.25, 0.3) is 0 Å². The number of hydrogen-bond acceptors (Lipinski definition) is 6. The number of benzene rings is 2. The van der Waals surface area contributed by atoms with Crippen molar-refractivity contribution < 1.29 is 22.7 Å². The molecule has 1 aliphatic rings. The van der Waals surface area contributed by atoms with E-state index in [0.717, 1.165) is 4.90 Å². The van der Waals surface area contributed by atoms with E-state index in [9.17, 15) is 13.2 Å². The standard InChI is InChI=1S/C17H18N2O5S2/c1-10-17(20)18-14-9-12(5-7-16(14)25-10)26(21,22)19-13-6-4-11(23-2)8-15(13)24-3/h4-10,19H,1-3H3,(H,18,20)/t10-/m0/s1. The topological polar surface area (TPSA) is 93.7 Å². The number of sulfonamides is 1. The van der Waals surface area contributed by atoms with Gasteiger partial charge >= 0.3 is 0 Å². The molecule has 26 heavy (non-hydrogen) atoms. The molecule has 0 aromatic heterocycles. The molecular formula is C17H18N2O5S2. The predicted molar refractivity (Wildman–Crippen MR) is 101 cm³/mol. The Labute approximate surface area is 156 Å². The molecule has 1 aliphatic heterocycles. The maximum Gasteiger partial charge on any atom is 0.262 e. The fraction of sp³-hybridized carbons (Fsp3) is 0.235. The largest absolute Gasteiger partial charge is 0.497 e. The number of fused-ring (bicyclic) bond motifs is 1. The Balaban J connectivity index is 1.92. The van der Waals surface area contributed by atoms with Crippen LogP contribution in [0.15, 0.2) is 46.2 Å². The lowest BCUT2D eigenvalue weighted by atomic mass is 10.3. The van der Waals surface area contributed by atoms with Gasteiger partial charge in [0.15, 0.2) is 0 Å². The van der Waals surface area contributed by atoms with Crippen LogP contribution in [0, 0.1) is 0 Å². The van der Waals surface area contributed by atoms with E-state index in [4.69, 9.17) is 9.47 Å². The third-order valence-corrected chi connectivity index (χ3v) is 6.39. The smallest absolute Gasteiger partial charge is 0.262 e. The van der Waals surface area contributed by atoms with Gasteiger partial charge in [-0.3, -0.25) is 9.52 Å². The number of ether oxygens (including phenoxy) is 2. The number of amides is 1. The van der Waals surface area contributed by atoms with Gasteiger partial charge in [0.25, 0.3) is 10.0 Å². The zero-order valence-electron chi connectivity index (χ0n) is 14.4. The van der Waals surface area contributed by atoms with Crippen LogP contribution in [0.4, 0.5) is 11.4 Å². The van der Waals surface area contributed by atoms with Gasteiger partial charge in [0.2, 0.25) is 5.91 Å². The molecule has 138 valence electrons. The Bertz CT molecular complexity index is 960. The highest BCUT2D eigenvalue weighted by Gasteiger charge is 2.25. The monoisotopic (exact) mass is 394 g/mol. The summed E-state index contributed by atoms with van der Waals surface area (Å²) < 4.78 is 38.3. The number of carbonyl (C=O) groups excluding carboxylic acids is 1. The van der Waals surface area contributed by atoms with Crippen molar-refractivity contribution in [2.24, 2.45) is 0 Å². The van der Waals surface area contributed by atoms with Gasteiger partial charge in [-0.25, -0.2) is 8.42 Å². The summed E-state index contributed by atoms with van der Waals surface area (Å²) in [7, 11) is -0.905. The summed E-state index contributed by atoms with van der Waals surface area (Å²) in [6.07, 6.45) is 0. The number of methoxy groups -OCH3 is 2. The van der Waals surface area contributed by atoms with E-state index < -0.39 is 10.0 Å². The van der Waals surface area contributed by atoms with Crippen LogP contribution in [0.1, 0.15) is 6.92 Å². The zero-order valence-corrected chi connectivity index (χ0v) is 16.0. The maximum atomic E-state index is 12.7. The molecule has 3 rings (SSSR count). The van der Waals surface area contributed by atoms with Gasteiger partial charge in [-0.1, -0.05) is 0 Å². The minimum absolute atomic E-state index is 0.0459. The molecule has 1 amide bonds. The lowest BCUT2D eigenvalue weighted by Crippen LogP contribution is -2.26. The molecular weight excluding hydrogens is 376 g/mol. The highest BCUT2D eigenvalue weighted by molar-refractivity contribution is 8.01. The van der Waals surface area contributed by atoms with Gasteiger partial charge < -0.3 is 14.8 Å². The normalized spacial score (nSPS) is 16.4. The average Bonchev–Trinajstić information content (AvgIpc) is 2.62. The molecule has 0 fully saturated rings. The van der Waals surface area contributed by atoms with Crippen molar-refractivity contribution in [1.29, 1.82) is 0 Å². The van der Waals surface area contributed by atoms with Crippen LogP contribution in [0.3, 0.4) is 0 Å². The van der Waals surface area contributed by atoms with Crippen molar-refractivity contribution in [3.05, 3.63) is 36.4 Å². The Kier molecular flexibility index (Phi) is 5.01. The molecule has 0 saturated heterocycles. The maximum absolute atomic E-state index is 12.7. The lowest BCUT2D eigenvalue weighted by Gasteiger charge is -2.22. The van der Waals surface area contributed by atoms with Crippen LogP contribution in [0.2, 0.25) is 0 Å². The molecule has 2 aromatic rings. The predicted octanol–water partition coefficient (Wildman–Crippen LogP) is 2.94. The SMILES string of the molecule is COc1ccc(NS(=O)(=O)c2ccc3c(c2)NC(=O)[C@H](C)S3)c(OC)c1. The zero-order chi connectivity index (χ0) is 18.9. The van der Waals surface area contributed by atoms with Crippen molar-refractivity contribution in [3.8, 4) is 11.5 Å². The summed E-state index contributed by atoms with van der Waals surface area (Å²) in [5.41, 5.74) is 0.778. The number of thioether (sulfide) groups is 1. The number of anilines is 2. The van der Waals surface area contributed by atoms with Crippen molar-refractivity contribution in [3.63, 3.8) is 0 Å². The van der Waals surface area contributed by atoms with E-state index >= 15 is 0 Å². The highest BCUT2D eigenvalue weighted by Crippen LogP contribution is 2.37. The third-order valence-electron chi connectivity index (χ3n) is 3.85. The molecule has 0 radical (unpaired) electrons. The van der Waals surface area contributed by atoms with Crippen LogP contribution in [0.5, 0.6) is 11.5 Å². The van der Waals surface area contributed by atoms with E-state index in [1.807, 2.05) is 0 Å². The summed E-state index contributed by atoms with van der Waals surface area (Å²) in [6, 6.07) is 9.43. The van der Waals surface area contributed by atoms with E-state index in [2.05, 4.69) is 10.0 Å². The lowest BCUT2D eigenvalue weighted by molar-refractivity contribution is -0.115. The number of rotatable bonds is 5. The first-order valence-corrected chi connectivity index (χ1v) is 10.1. The minimum Gasteiger partial charge on any atom is -0.497 e. The van der Waals surface area contributed by atoms with Gasteiger partial charge in [0.05, 0.1) is 35.7 Å². The summed E-state index contributed by atoms with van der Waals surface area (Å²) >= 11 is 1.39. The van der Waals surface area contributed by atoms with Crippen molar-refractivity contribution >= 4 is 39.1 Å². The summed E-state index contributed by atoms with van der Waals surface area (Å²) in [6.45, 7) is 1.80. The summed E-state index contributed by atoms with van der Waals surface area (Å²) in [5, 5.41) is 2.51. The van der Waals surface area contributed by atoms with Gasteiger partial charge in [-0.05, 0) is 37.3 Å². The van der Waals surface area contributed by atoms with Crippen molar-refractivity contribution in [2.75, 3.05) is 24.3 Å². The van der Waals surface area contributed by atoms with Gasteiger partial charge in [0.1, 0.15) is 11.5 Å². The van der Waals surface area contributed by atoms with Gasteiger partial charge in [-0.2, -0.15) is 0 Å². The van der Waals surface area contributed by atoms with Gasteiger partial charge in [-0.15, -0.1) is 11.8 Å². The second-order valence-electron chi connectivity index (χ2n) is 5.58. The van der Waals surface area contributed by atoms with Crippen LogP contribution >= 0.6 is 11.8 Å². The first-order valence-electron chi connectivity index (χ1n) is 7.70. The number of hydrogen-bond donors (Lipinski definition) is 2. The van der Waals surface area contributed by atoms with Crippen molar-refractivity contribution in [1.82, 2.24) is 0 Å². The van der Waals surface area contributed by atoms with Crippen LogP contribution in [-0.4, -0.2) is 33.8 Å². The van der Waals surface area contributed by atoms with Crippen LogP contribution in [-0.2, 0) is 14.8 Å². The molecule has 9 heteroatoms. The van der Waals surface area contributed by atoms with Gasteiger partial charge in [0, 0.05) is 11.0 Å². The van der Waals surface area contributed by atoms with E-state index in [1.54, 1.807) is 31.2 Å². The molecule has 7 nitrogen and oxygen atoms in total. The van der Waals surface area contributed by atoms with E-state index in [1.165, 1.54) is 38.1 Å². The molecule has 0 bridgehead atoms. The first kappa shape index (κ1) is 18.4. The van der Waals surface area contributed by atoms with Crippen LogP contribution < -0.4 is 19.5 Å². The second kappa shape index (κ2) is 7.08.